The molecule has 0 saturated heterocycles. The molecule has 0 aliphatic heterocycles. The molecule has 0 spiro atoms. The standard InChI is InChI=1S/C22H14FNO3S/c1-28-21-17(22(27)24-13-6-4-5-12(23)11-13)10-9-16-18(21)20(26)15-8-3-2-7-14(15)19(16)25/h2-11H,1H3,(H,24,27). The third-order valence-electron chi connectivity index (χ3n) is 4.58. The van der Waals surface area contributed by atoms with Crippen LogP contribution >= 0.6 is 11.8 Å². The van der Waals surface area contributed by atoms with Gasteiger partial charge >= 0.3 is 0 Å². The molecular weight excluding hydrogens is 377 g/mol. The number of ketones is 2. The summed E-state index contributed by atoms with van der Waals surface area (Å²) in [6, 6.07) is 15.2. The molecule has 3 aromatic carbocycles. The van der Waals surface area contributed by atoms with Crippen molar-refractivity contribution in [3.8, 4) is 0 Å². The van der Waals surface area contributed by atoms with Gasteiger partial charge in [0.2, 0.25) is 0 Å². The normalized spacial score (nSPS) is 12.4. The number of thioether (sulfide) groups is 1. The summed E-state index contributed by atoms with van der Waals surface area (Å²) in [5.41, 5.74) is 1.79. The maximum absolute atomic E-state index is 13.4. The zero-order valence-electron chi connectivity index (χ0n) is 14.8. The lowest BCUT2D eigenvalue weighted by Gasteiger charge is -2.21. The summed E-state index contributed by atoms with van der Waals surface area (Å²) >= 11 is 1.22. The zero-order valence-corrected chi connectivity index (χ0v) is 15.6. The van der Waals surface area contributed by atoms with Crippen LogP contribution in [0.4, 0.5) is 10.1 Å². The summed E-state index contributed by atoms with van der Waals surface area (Å²) in [5, 5.41) is 2.64. The van der Waals surface area contributed by atoms with Gasteiger partial charge in [-0.05, 0) is 36.6 Å². The lowest BCUT2D eigenvalue weighted by Crippen LogP contribution is -2.24. The van der Waals surface area contributed by atoms with Crippen LogP contribution in [0, 0.1) is 5.82 Å². The van der Waals surface area contributed by atoms with Crippen LogP contribution in [0.3, 0.4) is 0 Å². The number of halogens is 1. The monoisotopic (exact) mass is 391 g/mol. The molecule has 4 rings (SSSR count). The predicted octanol–water partition coefficient (Wildman–Crippen LogP) is 4.58. The van der Waals surface area contributed by atoms with E-state index < -0.39 is 11.7 Å². The highest BCUT2D eigenvalue weighted by Gasteiger charge is 2.33. The number of fused-ring (bicyclic) bond motifs is 2. The molecular formula is C22H14FNO3S. The molecule has 1 aliphatic rings. The van der Waals surface area contributed by atoms with Gasteiger partial charge in [-0.25, -0.2) is 4.39 Å². The molecule has 0 heterocycles. The highest BCUT2D eigenvalue weighted by atomic mass is 32.2. The Morgan fingerprint density at radius 3 is 2.29 bits per heavy atom. The van der Waals surface area contributed by atoms with Crippen LogP contribution in [0.15, 0.2) is 65.6 Å². The zero-order chi connectivity index (χ0) is 19.8. The topological polar surface area (TPSA) is 63.2 Å². The molecule has 0 bridgehead atoms. The molecule has 6 heteroatoms. The second kappa shape index (κ2) is 7.05. The van der Waals surface area contributed by atoms with Crippen molar-refractivity contribution in [2.75, 3.05) is 11.6 Å². The summed E-state index contributed by atoms with van der Waals surface area (Å²) in [4.78, 5) is 39.1. The Hall–Kier alpha value is -3.25. The second-order valence-electron chi connectivity index (χ2n) is 6.24. The molecule has 1 N–H and O–H groups in total. The molecule has 4 nitrogen and oxygen atoms in total. The molecule has 0 aromatic heterocycles. The van der Waals surface area contributed by atoms with E-state index in [2.05, 4.69) is 5.32 Å². The molecule has 1 amide bonds. The average Bonchev–Trinajstić information content (AvgIpc) is 2.71. The number of nitrogens with one attached hydrogen (secondary N) is 1. The summed E-state index contributed by atoms with van der Waals surface area (Å²) in [7, 11) is 0. The molecule has 0 radical (unpaired) electrons. The number of hydrogen-bond acceptors (Lipinski definition) is 4. The van der Waals surface area contributed by atoms with Crippen LogP contribution in [0.5, 0.6) is 0 Å². The number of anilines is 1. The average molecular weight is 391 g/mol. The van der Waals surface area contributed by atoms with Crippen LogP contribution in [0.2, 0.25) is 0 Å². The maximum atomic E-state index is 13.4. The highest BCUT2D eigenvalue weighted by molar-refractivity contribution is 7.98. The Labute approximate surface area is 164 Å². The van der Waals surface area contributed by atoms with E-state index >= 15 is 0 Å². The first kappa shape index (κ1) is 18.1. The van der Waals surface area contributed by atoms with E-state index in [9.17, 15) is 18.8 Å². The van der Waals surface area contributed by atoms with Crippen molar-refractivity contribution in [3.05, 3.63) is 94.3 Å². The molecule has 138 valence electrons. The van der Waals surface area contributed by atoms with Gasteiger partial charge < -0.3 is 5.32 Å². The molecule has 3 aromatic rings. The SMILES string of the molecule is CSc1c(C(=O)Nc2cccc(F)c2)ccc2c1C(=O)c1ccccc1C2=O. The Balaban J connectivity index is 1.80. The first-order valence-electron chi connectivity index (χ1n) is 8.47. The van der Waals surface area contributed by atoms with E-state index in [1.54, 1.807) is 36.6 Å². The molecule has 0 atom stereocenters. The summed E-state index contributed by atoms with van der Waals surface area (Å²) < 4.78 is 13.4. The Bertz CT molecular complexity index is 1160. The Morgan fingerprint density at radius 1 is 0.893 bits per heavy atom. The van der Waals surface area contributed by atoms with Gasteiger partial charge in [-0.1, -0.05) is 30.3 Å². The third kappa shape index (κ3) is 2.92. The van der Waals surface area contributed by atoms with E-state index in [1.165, 1.54) is 42.1 Å². The smallest absolute Gasteiger partial charge is 0.256 e. The number of benzene rings is 3. The minimum absolute atomic E-state index is 0.238. The van der Waals surface area contributed by atoms with Gasteiger partial charge in [-0.15, -0.1) is 11.8 Å². The minimum Gasteiger partial charge on any atom is -0.322 e. The van der Waals surface area contributed by atoms with Crippen LogP contribution in [-0.2, 0) is 0 Å². The molecule has 0 unspecified atom stereocenters. The van der Waals surface area contributed by atoms with Gasteiger partial charge in [0, 0.05) is 32.8 Å². The van der Waals surface area contributed by atoms with Crippen LogP contribution in [0.25, 0.3) is 0 Å². The van der Waals surface area contributed by atoms with Crippen molar-refractivity contribution in [1.29, 1.82) is 0 Å². The van der Waals surface area contributed by atoms with Crippen molar-refractivity contribution >= 4 is 34.9 Å². The fraction of sp³-hybridized carbons (Fsp3) is 0.0455. The van der Waals surface area contributed by atoms with Crippen molar-refractivity contribution in [2.24, 2.45) is 0 Å². The quantitative estimate of drug-likeness (QED) is 0.520. The van der Waals surface area contributed by atoms with Gasteiger partial charge in [0.05, 0.1) is 5.56 Å². The Morgan fingerprint density at radius 2 is 1.61 bits per heavy atom. The fourth-order valence-corrected chi connectivity index (χ4v) is 4.10. The van der Waals surface area contributed by atoms with Crippen molar-refractivity contribution in [1.82, 2.24) is 0 Å². The molecule has 0 saturated carbocycles. The van der Waals surface area contributed by atoms with Gasteiger partial charge in [-0.3, -0.25) is 14.4 Å². The maximum Gasteiger partial charge on any atom is 0.256 e. The van der Waals surface area contributed by atoms with Crippen molar-refractivity contribution < 1.29 is 18.8 Å². The molecule has 1 aliphatic carbocycles. The number of carbonyl (C=O) groups excluding carboxylic acids is 3. The van der Waals surface area contributed by atoms with Gasteiger partial charge in [-0.2, -0.15) is 0 Å². The summed E-state index contributed by atoms with van der Waals surface area (Å²) in [5.74, 6) is -1.46. The number of amides is 1. The highest BCUT2D eigenvalue weighted by Crippen LogP contribution is 2.35. The van der Waals surface area contributed by atoms with E-state index in [0.29, 0.717) is 21.7 Å². The fourth-order valence-electron chi connectivity index (χ4n) is 3.31. The van der Waals surface area contributed by atoms with Gasteiger partial charge in [0.1, 0.15) is 5.82 Å². The van der Waals surface area contributed by atoms with E-state index in [1.807, 2.05) is 0 Å². The Kier molecular flexibility index (Phi) is 4.57. The van der Waals surface area contributed by atoms with Crippen LogP contribution in [0.1, 0.15) is 42.2 Å². The summed E-state index contributed by atoms with van der Waals surface area (Å²) in [6.45, 7) is 0. The lowest BCUT2D eigenvalue weighted by molar-refractivity contribution is 0.0975. The second-order valence-corrected chi connectivity index (χ2v) is 7.05. The number of hydrogen-bond donors (Lipinski definition) is 1. The van der Waals surface area contributed by atoms with E-state index in [-0.39, 0.29) is 28.3 Å². The van der Waals surface area contributed by atoms with Gasteiger partial charge in [0.15, 0.2) is 11.6 Å². The van der Waals surface area contributed by atoms with Crippen molar-refractivity contribution in [3.63, 3.8) is 0 Å². The summed E-state index contributed by atoms with van der Waals surface area (Å²) in [6.07, 6.45) is 1.74. The predicted molar refractivity (Wildman–Crippen MR) is 106 cm³/mol. The minimum atomic E-state index is -0.475. The first-order chi connectivity index (χ1) is 13.5. The largest absolute Gasteiger partial charge is 0.322 e. The number of carbonyl (C=O) groups is 3. The lowest BCUT2D eigenvalue weighted by atomic mass is 9.83. The van der Waals surface area contributed by atoms with Crippen LogP contribution in [-0.4, -0.2) is 23.7 Å². The van der Waals surface area contributed by atoms with Crippen LogP contribution < -0.4 is 5.32 Å². The number of rotatable bonds is 3. The van der Waals surface area contributed by atoms with Crippen molar-refractivity contribution in [2.45, 2.75) is 4.90 Å². The van der Waals surface area contributed by atoms with E-state index in [4.69, 9.17) is 0 Å². The molecule has 28 heavy (non-hydrogen) atoms. The van der Waals surface area contributed by atoms with Gasteiger partial charge in [0.25, 0.3) is 5.91 Å². The molecule has 0 fully saturated rings. The third-order valence-corrected chi connectivity index (χ3v) is 5.41. The van der Waals surface area contributed by atoms with E-state index in [0.717, 1.165) is 0 Å². The first-order valence-corrected chi connectivity index (χ1v) is 9.70.